The minimum atomic E-state index is 0.604. The van der Waals surface area contributed by atoms with Crippen LogP contribution in [0.25, 0.3) is 0 Å². The van der Waals surface area contributed by atoms with Gasteiger partial charge >= 0.3 is 0 Å². The van der Waals surface area contributed by atoms with Gasteiger partial charge in [0, 0.05) is 0 Å². The first kappa shape index (κ1) is 7.07. The van der Waals surface area contributed by atoms with Crippen LogP contribution in [-0.2, 0) is 4.74 Å². The van der Waals surface area contributed by atoms with Gasteiger partial charge in [0.15, 0.2) is 0 Å². The van der Waals surface area contributed by atoms with Gasteiger partial charge in [-0.05, 0) is 18.3 Å². The Labute approximate surface area is 57.4 Å². The smallest absolute Gasteiger partial charge is 0.0835 e. The van der Waals surface area contributed by atoms with Crippen LogP contribution in [0.3, 0.4) is 0 Å². The van der Waals surface area contributed by atoms with Gasteiger partial charge in [-0.3, -0.25) is 0 Å². The fourth-order valence-corrected chi connectivity index (χ4v) is 1.28. The third kappa shape index (κ3) is 2.35. The van der Waals surface area contributed by atoms with E-state index in [0.29, 0.717) is 6.10 Å². The number of ether oxygens (including phenoxy) is 1. The lowest BCUT2D eigenvalue weighted by Crippen LogP contribution is -2.06. The van der Waals surface area contributed by atoms with Gasteiger partial charge in [-0.25, -0.2) is 0 Å². The fourth-order valence-electron chi connectivity index (χ4n) is 1.28. The largest absolute Gasteiger partial charge is 0.373 e. The topological polar surface area (TPSA) is 12.5 Å². The van der Waals surface area contributed by atoms with Crippen LogP contribution in [0.2, 0.25) is 0 Å². The fraction of sp³-hybridized carbons (Fsp3) is 1.00. The average molecular weight is 128 g/mol. The second-order valence-corrected chi connectivity index (χ2v) is 3.48. The van der Waals surface area contributed by atoms with Crippen molar-refractivity contribution in [2.45, 2.75) is 33.3 Å². The van der Waals surface area contributed by atoms with Crippen molar-refractivity contribution in [3.05, 3.63) is 0 Å². The second-order valence-electron chi connectivity index (χ2n) is 3.48. The van der Waals surface area contributed by atoms with Crippen LogP contribution in [0, 0.1) is 11.8 Å². The maximum Gasteiger partial charge on any atom is 0.0835 e. The summed E-state index contributed by atoms with van der Waals surface area (Å²) in [4.78, 5) is 0. The second kappa shape index (κ2) is 2.70. The molecule has 0 aromatic heterocycles. The molecule has 1 rings (SSSR count). The predicted octanol–water partition coefficient (Wildman–Crippen LogP) is 2.07. The molecule has 1 heterocycles. The summed E-state index contributed by atoms with van der Waals surface area (Å²) in [5.74, 6) is 1.61. The Balaban J connectivity index is 2.10. The monoisotopic (exact) mass is 128 g/mol. The van der Waals surface area contributed by atoms with Crippen LogP contribution < -0.4 is 0 Å². The molecule has 1 fully saturated rings. The van der Waals surface area contributed by atoms with Gasteiger partial charge < -0.3 is 4.74 Å². The third-order valence-corrected chi connectivity index (χ3v) is 1.84. The summed E-state index contributed by atoms with van der Waals surface area (Å²) in [5, 5.41) is 0. The number of rotatable bonds is 3. The highest BCUT2D eigenvalue weighted by Gasteiger charge is 2.29. The molecular weight excluding hydrogens is 112 g/mol. The standard InChI is InChI=1S/C8H16O/c1-6(2)4-7(3)8-5-9-8/h6-8H,4-5H2,1-3H3. The Morgan fingerprint density at radius 3 is 2.33 bits per heavy atom. The van der Waals surface area contributed by atoms with E-state index in [-0.39, 0.29) is 0 Å². The van der Waals surface area contributed by atoms with E-state index in [9.17, 15) is 0 Å². The molecule has 2 unspecified atom stereocenters. The Morgan fingerprint density at radius 2 is 2.00 bits per heavy atom. The maximum absolute atomic E-state index is 5.17. The first-order valence-corrected chi connectivity index (χ1v) is 3.81. The zero-order valence-corrected chi connectivity index (χ0v) is 6.55. The first-order chi connectivity index (χ1) is 4.20. The summed E-state index contributed by atoms with van der Waals surface area (Å²) in [6.07, 6.45) is 1.91. The summed E-state index contributed by atoms with van der Waals surface area (Å²) in [7, 11) is 0. The van der Waals surface area contributed by atoms with Crippen molar-refractivity contribution < 1.29 is 4.74 Å². The minimum Gasteiger partial charge on any atom is -0.373 e. The molecule has 0 aromatic rings. The molecule has 54 valence electrons. The highest BCUT2D eigenvalue weighted by molar-refractivity contribution is 4.76. The highest BCUT2D eigenvalue weighted by atomic mass is 16.6. The molecule has 1 heteroatoms. The van der Waals surface area contributed by atoms with Crippen molar-refractivity contribution in [2.24, 2.45) is 11.8 Å². The quantitative estimate of drug-likeness (QED) is 0.530. The van der Waals surface area contributed by atoms with E-state index in [1.807, 2.05) is 0 Å². The van der Waals surface area contributed by atoms with E-state index in [4.69, 9.17) is 4.74 Å². The summed E-state index contributed by atoms with van der Waals surface area (Å²) >= 11 is 0. The molecule has 0 aliphatic carbocycles. The Bertz CT molecular complexity index is 84.6. The van der Waals surface area contributed by atoms with Crippen LogP contribution in [0.1, 0.15) is 27.2 Å². The zero-order valence-electron chi connectivity index (χ0n) is 6.55. The van der Waals surface area contributed by atoms with Crippen LogP contribution >= 0.6 is 0 Å². The molecule has 0 N–H and O–H groups in total. The average Bonchev–Trinajstić information content (AvgIpc) is 2.40. The van der Waals surface area contributed by atoms with Gasteiger partial charge in [-0.15, -0.1) is 0 Å². The van der Waals surface area contributed by atoms with Crippen LogP contribution in [0.4, 0.5) is 0 Å². The summed E-state index contributed by atoms with van der Waals surface area (Å²) in [6.45, 7) is 7.81. The zero-order chi connectivity index (χ0) is 6.85. The SMILES string of the molecule is CC(C)CC(C)C1CO1. The molecule has 1 nitrogen and oxygen atoms in total. The van der Waals surface area contributed by atoms with Crippen LogP contribution in [-0.4, -0.2) is 12.7 Å². The Hall–Kier alpha value is -0.0400. The van der Waals surface area contributed by atoms with E-state index >= 15 is 0 Å². The normalized spacial score (nSPS) is 28.7. The number of epoxide rings is 1. The van der Waals surface area contributed by atoms with Crippen molar-refractivity contribution in [3.8, 4) is 0 Å². The molecule has 0 amide bonds. The molecule has 0 bridgehead atoms. The van der Waals surface area contributed by atoms with Crippen LogP contribution in [0.15, 0.2) is 0 Å². The van der Waals surface area contributed by atoms with Gasteiger partial charge in [-0.2, -0.15) is 0 Å². The number of hydrogen-bond donors (Lipinski definition) is 0. The van der Waals surface area contributed by atoms with Crippen molar-refractivity contribution in [1.29, 1.82) is 0 Å². The minimum absolute atomic E-state index is 0.604. The third-order valence-electron chi connectivity index (χ3n) is 1.84. The highest BCUT2D eigenvalue weighted by Crippen LogP contribution is 2.25. The molecule has 2 atom stereocenters. The molecule has 0 saturated carbocycles. The van der Waals surface area contributed by atoms with Crippen molar-refractivity contribution in [3.63, 3.8) is 0 Å². The van der Waals surface area contributed by atoms with E-state index < -0.39 is 0 Å². The molecule has 9 heavy (non-hydrogen) atoms. The Morgan fingerprint density at radius 1 is 1.44 bits per heavy atom. The van der Waals surface area contributed by atoms with Gasteiger partial charge in [0.25, 0.3) is 0 Å². The summed E-state index contributed by atoms with van der Waals surface area (Å²) < 4.78 is 5.17. The molecule has 1 saturated heterocycles. The molecular formula is C8H16O. The summed E-state index contributed by atoms with van der Waals surface area (Å²) in [5.41, 5.74) is 0. The van der Waals surface area contributed by atoms with Crippen molar-refractivity contribution >= 4 is 0 Å². The Kier molecular flexibility index (Phi) is 2.12. The lowest BCUT2D eigenvalue weighted by molar-refractivity contribution is 0.309. The first-order valence-electron chi connectivity index (χ1n) is 3.81. The van der Waals surface area contributed by atoms with Gasteiger partial charge in [0.1, 0.15) is 0 Å². The molecule has 0 radical (unpaired) electrons. The van der Waals surface area contributed by atoms with Crippen molar-refractivity contribution in [1.82, 2.24) is 0 Å². The van der Waals surface area contributed by atoms with E-state index in [1.54, 1.807) is 0 Å². The molecule has 0 spiro atoms. The predicted molar refractivity (Wildman–Crippen MR) is 38.4 cm³/mol. The van der Waals surface area contributed by atoms with Crippen molar-refractivity contribution in [2.75, 3.05) is 6.61 Å². The van der Waals surface area contributed by atoms with E-state index in [0.717, 1.165) is 18.4 Å². The van der Waals surface area contributed by atoms with Gasteiger partial charge in [-0.1, -0.05) is 20.8 Å². The molecule has 1 aliphatic heterocycles. The van der Waals surface area contributed by atoms with Gasteiger partial charge in [0.2, 0.25) is 0 Å². The van der Waals surface area contributed by atoms with Crippen LogP contribution in [0.5, 0.6) is 0 Å². The number of hydrogen-bond acceptors (Lipinski definition) is 1. The maximum atomic E-state index is 5.17. The summed E-state index contributed by atoms with van der Waals surface area (Å²) in [6, 6.07) is 0. The van der Waals surface area contributed by atoms with E-state index in [1.165, 1.54) is 6.42 Å². The molecule has 1 aliphatic rings. The molecule has 0 aromatic carbocycles. The lowest BCUT2D eigenvalue weighted by Gasteiger charge is -2.09. The van der Waals surface area contributed by atoms with E-state index in [2.05, 4.69) is 20.8 Å². The lowest BCUT2D eigenvalue weighted by atomic mass is 9.96. The van der Waals surface area contributed by atoms with Gasteiger partial charge in [0.05, 0.1) is 12.7 Å².